The average Bonchev–Trinajstić information content (AvgIpc) is 2.59. The van der Waals surface area contributed by atoms with Crippen LogP contribution in [0.5, 0.6) is 0 Å². The largest absolute Gasteiger partial charge is 0.311 e. The van der Waals surface area contributed by atoms with Crippen LogP contribution < -0.4 is 5.32 Å². The SMILES string of the molecule is CC(C)C1CN(C2CCC(C)(C)C2)CCN1. The highest BCUT2D eigenvalue weighted by Gasteiger charge is 2.36. The van der Waals surface area contributed by atoms with Crippen LogP contribution in [0.1, 0.15) is 47.0 Å². The zero-order valence-electron chi connectivity index (χ0n) is 11.4. The Morgan fingerprint density at radius 3 is 2.62 bits per heavy atom. The van der Waals surface area contributed by atoms with E-state index in [1.54, 1.807) is 0 Å². The molecule has 2 fully saturated rings. The summed E-state index contributed by atoms with van der Waals surface area (Å²) in [5.41, 5.74) is 0.586. The molecule has 2 rings (SSSR count). The summed E-state index contributed by atoms with van der Waals surface area (Å²) >= 11 is 0. The van der Waals surface area contributed by atoms with E-state index in [4.69, 9.17) is 0 Å². The molecule has 94 valence electrons. The standard InChI is InChI=1S/C14H28N2/c1-11(2)13-10-16(8-7-15-13)12-5-6-14(3,4)9-12/h11-13,15H,5-10H2,1-4H3. The van der Waals surface area contributed by atoms with E-state index in [1.165, 1.54) is 38.9 Å². The van der Waals surface area contributed by atoms with Gasteiger partial charge in [0.2, 0.25) is 0 Å². The van der Waals surface area contributed by atoms with Gasteiger partial charge in [-0.1, -0.05) is 27.7 Å². The quantitative estimate of drug-likeness (QED) is 0.775. The van der Waals surface area contributed by atoms with Gasteiger partial charge < -0.3 is 5.32 Å². The summed E-state index contributed by atoms with van der Waals surface area (Å²) in [6.07, 6.45) is 4.23. The predicted octanol–water partition coefficient (Wildman–Crippen LogP) is 2.49. The molecule has 2 unspecified atom stereocenters. The fourth-order valence-electron chi connectivity index (χ4n) is 3.29. The minimum absolute atomic E-state index is 0.586. The van der Waals surface area contributed by atoms with E-state index in [0.29, 0.717) is 11.5 Å². The van der Waals surface area contributed by atoms with Gasteiger partial charge in [-0.05, 0) is 30.6 Å². The van der Waals surface area contributed by atoms with Crippen LogP contribution in [0.4, 0.5) is 0 Å². The highest BCUT2D eigenvalue weighted by atomic mass is 15.2. The van der Waals surface area contributed by atoms with Crippen LogP contribution in [-0.2, 0) is 0 Å². The summed E-state index contributed by atoms with van der Waals surface area (Å²) in [5, 5.41) is 3.65. The lowest BCUT2D eigenvalue weighted by molar-refractivity contribution is 0.122. The second-order valence-electron chi connectivity index (χ2n) is 6.86. The van der Waals surface area contributed by atoms with Crippen LogP contribution in [0.2, 0.25) is 0 Å². The molecule has 2 atom stereocenters. The van der Waals surface area contributed by atoms with Crippen molar-refractivity contribution in [3.05, 3.63) is 0 Å². The lowest BCUT2D eigenvalue weighted by Gasteiger charge is -2.39. The molecule has 0 bridgehead atoms. The number of nitrogens with zero attached hydrogens (tertiary/aromatic N) is 1. The van der Waals surface area contributed by atoms with Crippen molar-refractivity contribution >= 4 is 0 Å². The third-order valence-electron chi connectivity index (χ3n) is 4.50. The third-order valence-corrected chi connectivity index (χ3v) is 4.50. The summed E-state index contributed by atoms with van der Waals surface area (Å²) in [7, 11) is 0. The van der Waals surface area contributed by atoms with Gasteiger partial charge >= 0.3 is 0 Å². The molecule has 0 aromatic carbocycles. The number of hydrogen-bond acceptors (Lipinski definition) is 2. The van der Waals surface area contributed by atoms with E-state index in [2.05, 4.69) is 37.9 Å². The first-order valence-electron chi connectivity index (χ1n) is 6.95. The number of nitrogens with one attached hydrogen (secondary N) is 1. The molecule has 2 nitrogen and oxygen atoms in total. The highest BCUT2D eigenvalue weighted by Crippen LogP contribution is 2.39. The summed E-state index contributed by atoms with van der Waals surface area (Å²) < 4.78 is 0. The molecule has 0 radical (unpaired) electrons. The minimum Gasteiger partial charge on any atom is -0.311 e. The first-order chi connectivity index (χ1) is 7.48. The Hall–Kier alpha value is -0.0800. The summed E-state index contributed by atoms with van der Waals surface area (Å²) in [5.74, 6) is 0.761. The first kappa shape index (κ1) is 12.4. The van der Waals surface area contributed by atoms with Crippen LogP contribution >= 0.6 is 0 Å². The van der Waals surface area contributed by atoms with Gasteiger partial charge in [0.15, 0.2) is 0 Å². The van der Waals surface area contributed by atoms with E-state index < -0.39 is 0 Å². The zero-order chi connectivity index (χ0) is 11.8. The summed E-state index contributed by atoms with van der Waals surface area (Å²) in [6, 6.07) is 1.57. The van der Waals surface area contributed by atoms with Crippen molar-refractivity contribution in [2.75, 3.05) is 19.6 Å². The fourth-order valence-corrected chi connectivity index (χ4v) is 3.29. The molecule has 1 N–H and O–H groups in total. The van der Waals surface area contributed by atoms with Crippen LogP contribution in [0.25, 0.3) is 0 Å². The Balaban J connectivity index is 1.90. The van der Waals surface area contributed by atoms with E-state index >= 15 is 0 Å². The van der Waals surface area contributed by atoms with Gasteiger partial charge in [-0.3, -0.25) is 4.90 Å². The molecule has 2 aliphatic rings. The molecule has 1 heterocycles. The molecule has 16 heavy (non-hydrogen) atoms. The monoisotopic (exact) mass is 224 g/mol. The maximum atomic E-state index is 3.65. The molecule has 1 saturated heterocycles. The first-order valence-corrected chi connectivity index (χ1v) is 6.95. The molecule has 0 aromatic heterocycles. The number of hydrogen-bond donors (Lipinski definition) is 1. The van der Waals surface area contributed by atoms with E-state index in [1.807, 2.05) is 0 Å². The Bertz CT molecular complexity index is 235. The minimum atomic E-state index is 0.586. The molecular formula is C14H28N2. The van der Waals surface area contributed by atoms with Crippen molar-refractivity contribution in [1.29, 1.82) is 0 Å². The highest BCUT2D eigenvalue weighted by molar-refractivity contribution is 4.91. The average molecular weight is 224 g/mol. The van der Waals surface area contributed by atoms with Crippen molar-refractivity contribution < 1.29 is 0 Å². The van der Waals surface area contributed by atoms with E-state index in [-0.39, 0.29) is 0 Å². The second-order valence-corrected chi connectivity index (χ2v) is 6.86. The van der Waals surface area contributed by atoms with Crippen LogP contribution in [-0.4, -0.2) is 36.6 Å². The van der Waals surface area contributed by atoms with E-state index in [0.717, 1.165) is 12.0 Å². The van der Waals surface area contributed by atoms with Gasteiger partial charge in [-0.15, -0.1) is 0 Å². The van der Waals surface area contributed by atoms with Crippen molar-refractivity contribution in [3.8, 4) is 0 Å². The van der Waals surface area contributed by atoms with Crippen LogP contribution in [0.15, 0.2) is 0 Å². The Morgan fingerprint density at radius 2 is 2.06 bits per heavy atom. The van der Waals surface area contributed by atoms with E-state index in [9.17, 15) is 0 Å². The normalized spacial score (nSPS) is 35.8. The topological polar surface area (TPSA) is 15.3 Å². The molecule has 1 saturated carbocycles. The molecule has 1 aliphatic heterocycles. The van der Waals surface area contributed by atoms with Gasteiger partial charge in [0.25, 0.3) is 0 Å². The molecule has 0 amide bonds. The summed E-state index contributed by atoms with van der Waals surface area (Å²) in [4.78, 5) is 2.75. The second kappa shape index (κ2) is 4.66. The lowest BCUT2D eigenvalue weighted by Crippen LogP contribution is -2.55. The van der Waals surface area contributed by atoms with Crippen molar-refractivity contribution in [3.63, 3.8) is 0 Å². The number of piperazine rings is 1. The maximum Gasteiger partial charge on any atom is 0.0218 e. The molecule has 1 aliphatic carbocycles. The molecule has 2 heteroatoms. The third kappa shape index (κ3) is 2.78. The lowest BCUT2D eigenvalue weighted by atomic mass is 9.91. The van der Waals surface area contributed by atoms with Gasteiger partial charge in [0.05, 0.1) is 0 Å². The van der Waals surface area contributed by atoms with Crippen molar-refractivity contribution in [1.82, 2.24) is 10.2 Å². The molecular weight excluding hydrogens is 196 g/mol. The predicted molar refractivity (Wildman–Crippen MR) is 69.6 cm³/mol. The molecule has 0 spiro atoms. The Kier molecular flexibility index (Phi) is 3.60. The van der Waals surface area contributed by atoms with Crippen LogP contribution in [0.3, 0.4) is 0 Å². The summed E-state index contributed by atoms with van der Waals surface area (Å²) in [6.45, 7) is 13.2. The van der Waals surface area contributed by atoms with Crippen LogP contribution in [0, 0.1) is 11.3 Å². The fraction of sp³-hybridized carbons (Fsp3) is 1.00. The van der Waals surface area contributed by atoms with Gasteiger partial charge in [0, 0.05) is 31.7 Å². The van der Waals surface area contributed by atoms with Crippen molar-refractivity contribution in [2.45, 2.75) is 59.0 Å². The smallest absolute Gasteiger partial charge is 0.0218 e. The Morgan fingerprint density at radius 1 is 1.31 bits per heavy atom. The number of rotatable bonds is 2. The van der Waals surface area contributed by atoms with Gasteiger partial charge in [-0.25, -0.2) is 0 Å². The van der Waals surface area contributed by atoms with Crippen molar-refractivity contribution in [2.24, 2.45) is 11.3 Å². The molecule has 0 aromatic rings. The maximum absolute atomic E-state index is 3.65. The zero-order valence-corrected chi connectivity index (χ0v) is 11.4. The van der Waals surface area contributed by atoms with Gasteiger partial charge in [0.1, 0.15) is 0 Å². The Labute approximate surface area is 101 Å². The van der Waals surface area contributed by atoms with Gasteiger partial charge in [-0.2, -0.15) is 0 Å².